The highest BCUT2D eigenvalue weighted by Crippen LogP contribution is 2.20. The van der Waals surface area contributed by atoms with Crippen molar-refractivity contribution in [3.63, 3.8) is 0 Å². The Morgan fingerprint density at radius 2 is 2.12 bits per heavy atom. The highest BCUT2D eigenvalue weighted by molar-refractivity contribution is 4.90. The molecule has 4 atom stereocenters. The van der Waals surface area contributed by atoms with Crippen LogP contribution in [0, 0.1) is 5.92 Å². The van der Waals surface area contributed by atoms with Crippen LogP contribution in [0.15, 0.2) is 0 Å². The summed E-state index contributed by atoms with van der Waals surface area (Å²) in [5.41, 5.74) is 6.22. The summed E-state index contributed by atoms with van der Waals surface area (Å²) in [6.07, 6.45) is 1.26. The predicted molar refractivity (Wildman–Crippen MR) is 69.9 cm³/mol. The second kappa shape index (κ2) is 6.69. The fourth-order valence-corrected chi connectivity index (χ4v) is 2.52. The standard InChI is InChI=1S/C13H28N2O2/c1-5-11-8-17-10(4)6-15(11)12(7-16)13(14)9(2)3/h9-13,16H,5-8,14H2,1-4H3. The first kappa shape index (κ1) is 14.9. The Kier molecular flexibility index (Phi) is 5.86. The van der Waals surface area contributed by atoms with Gasteiger partial charge in [0.1, 0.15) is 0 Å². The molecule has 0 aromatic carbocycles. The van der Waals surface area contributed by atoms with Gasteiger partial charge in [0, 0.05) is 24.7 Å². The Morgan fingerprint density at radius 1 is 1.47 bits per heavy atom. The summed E-state index contributed by atoms with van der Waals surface area (Å²) in [5.74, 6) is 0.378. The van der Waals surface area contributed by atoms with Crippen LogP contribution in [0.3, 0.4) is 0 Å². The number of rotatable bonds is 5. The van der Waals surface area contributed by atoms with Gasteiger partial charge in [0.25, 0.3) is 0 Å². The van der Waals surface area contributed by atoms with Crippen molar-refractivity contribution in [2.75, 3.05) is 19.8 Å². The van der Waals surface area contributed by atoms with Crippen molar-refractivity contribution in [3.8, 4) is 0 Å². The zero-order chi connectivity index (χ0) is 13.0. The van der Waals surface area contributed by atoms with Gasteiger partial charge in [0.05, 0.1) is 19.3 Å². The minimum absolute atomic E-state index is 0.0133. The molecule has 4 heteroatoms. The van der Waals surface area contributed by atoms with E-state index < -0.39 is 0 Å². The Hall–Kier alpha value is -0.160. The van der Waals surface area contributed by atoms with E-state index in [0.29, 0.717) is 12.0 Å². The molecule has 0 aliphatic carbocycles. The molecular formula is C13H28N2O2. The predicted octanol–water partition coefficient (Wildman–Crippen LogP) is 0.830. The second-order valence-corrected chi connectivity index (χ2v) is 5.47. The lowest BCUT2D eigenvalue weighted by Crippen LogP contribution is -2.60. The van der Waals surface area contributed by atoms with Crippen LogP contribution in [0.4, 0.5) is 0 Å². The normalized spacial score (nSPS) is 30.5. The second-order valence-electron chi connectivity index (χ2n) is 5.47. The molecule has 102 valence electrons. The van der Waals surface area contributed by atoms with Gasteiger partial charge in [-0.15, -0.1) is 0 Å². The summed E-state index contributed by atoms with van der Waals surface area (Å²) < 4.78 is 5.68. The average molecular weight is 244 g/mol. The van der Waals surface area contributed by atoms with Crippen molar-refractivity contribution in [1.82, 2.24) is 4.90 Å². The van der Waals surface area contributed by atoms with Crippen LogP contribution in [0.2, 0.25) is 0 Å². The van der Waals surface area contributed by atoms with Crippen molar-refractivity contribution >= 4 is 0 Å². The highest BCUT2D eigenvalue weighted by Gasteiger charge is 2.34. The maximum atomic E-state index is 9.63. The minimum atomic E-state index is 0.0133. The number of hydrogen-bond acceptors (Lipinski definition) is 4. The average Bonchev–Trinajstić information content (AvgIpc) is 2.30. The van der Waals surface area contributed by atoms with Gasteiger partial charge in [0.15, 0.2) is 0 Å². The molecule has 0 radical (unpaired) electrons. The number of hydrogen-bond donors (Lipinski definition) is 2. The summed E-state index contributed by atoms with van der Waals surface area (Å²) in [7, 11) is 0. The molecule has 1 aliphatic heterocycles. The molecule has 0 aromatic heterocycles. The fraction of sp³-hybridized carbons (Fsp3) is 1.00. The number of aliphatic hydroxyl groups is 1. The molecule has 1 heterocycles. The van der Waals surface area contributed by atoms with Crippen LogP contribution in [0.5, 0.6) is 0 Å². The zero-order valence-electron chi connectivity index (χ0n) is 11.6. The fourth-order valence-electron chi connectivity index (χ4n) is 2.52. The molecule has 1 saturated heterocycles. The van der Waals surface area contributed by atoms with Crippen LogP contribution in [-0.2, 0) is 4.74 Å². The third kappa shape index (κ3) is 3.65. The summed E-state index contributed by atoms with van der Waals surface area (Å²) in [6, 6.07) is 0.443. The van der Waals surface area contributed by atoms with E-state index in [9.17, 15) is 5.11 Å². The molecule has 1 rings (SSSR count). The molecule has 17 heavy (non-hydrogen) atoms. The van der Waals surface area contributed by atoms with Gasteiger partial charge in [-0.1, -0.05) is 20.8 Å². The Bertz CT molecular complexity index is 223. The number of ether oxygens (including phenoxy) is 1. The molecular weight excluding hydrogens is 216 g/mol. The van der Waals surface area contributed by atoms with E-state index >= 15 is 0 Å². The van der Waals surface area contributed by atoms with E-state index in [0.717, 1.165) is 19.6 Å². The van der Waals surface area contributed by atoms with Crippen LogP contribution < -0.4 is 5.73 Å². The minimum Gasteiger partial charge on any atom is -0.395 e. The maximum absolute atomic E-state index is 9.63. The third-order valence-corrected chi connectivity index (χ3v) is 3.81. The van der Waals surface area contributed by atoms with E-state index in [4.69, 9.17) is 10.5 Å². The first-order chi connectivity index (χ1) is 8.01. The van der Waals surface area contributed by atoms with Crippen molar-refractivity contribution in [2.24, 2.45) is 11.7 Å². The van der Waals surface area contributed by atoms with Crippen LogP contribution in [-0.4, -0.2) is 54.0 Å². The van der Waals surface area contributed by atoms with Gasteiger partial charge < -0.3 is 15.6 Å². The zero-order valence-corrected chi connectivity index (χ0v) is 11.6. The highest BCUT2D eigenvalue weighted by atomic mass is 16.5. The largest absolute Gasteiger partial charge is 0.395 e. The van der Waals surface area contributed by atoms with E-state index in [1.807, 2.05) is 0 Å². The Labute approximate surface area is 105 Å². The number of morpholine rings is 1. The lowest BCUT2D eigenvalue weighted by molar-refractivity contribution is -0.0858. The molecule has 0 spiro atoms. The smallest absolute Gasteiger partial charge is 0.0674 e. The molecule has 0 saturated carbocycles. The van der Waals surface area contributed by atoms with Gasteiger partial charge in [0.2, 0.25) is 0 Å². The molecule has 4 nitrogen and oxygen atoms in total. The van der Waals surface area contributed by atoms with Gasteiger partial charge >= 0.3 is 0 Å². The van der Waals surface area contributed by atoms with E-state index in [1.54, 1.807) is 0 Å². The summed E-state index contributed by atoms with van der Waals surface area (Å²) in [5, 5.41) is 9.63. The number of nitrogens with zero attached hydrogens (tertiary/aromatic N) is 1. The van der Waals surface area contributed by atoms with Gasteiger partial charge in [-0.3, -0.25) is 4.90 Å². The number of nitrogens with two attached hydrogens (primary N) is 1. The van der Waals surface area contributed by atoms with Gasteiger partial charge in [-0.05, 0) is 19.3 Å². The molecule has 0 bridgehead atoms. The Balaban J connectivity index is 2.76. The molecule has 0 amide bonds. The van der Waals surface area contributed by atoms with Crippen molar-refractivity contribution in [2.45, 2.75) is 58.3 Å². The first-order valence-corrected chi connectivity index (χ1v) is 6.75. The lowest BCUT2D eigenvalue weighted by atomic mass is 9.94. The van der Waals surface area contributed by atoms with E-state index in [1.165, 1.54) is 0 Å². The summed E-state index contributed by atoms with van der Waals surface area (Å²) in [6.45, 7) is 10.2. The molecule has 4 unspecified atom stereocenters. The van der Waals surface area contributed by atoms with Crippen LogP contribution in [0.25, 0.3) is 0 Å². The molecule has 3 N–H and O–H groups in total. The first-order valence-electron chi connectivity index (χ1n) is 6.75. The number of aliphatic hydroxyl groups excluding tert-OH is 1. The van der Waals surface area contributed by atoms with Crippen LogP contribution >= 0.6 is 0 Å². The SMILES string of the molecule is CCC1COC(C)CN1C(CO)C(N)C(C)C. The van der Waals surface area contributed by atoms with Gasteiger partial charge in [-0.2, -0.15) is 0 Å². The quantitative estimate of drug-likeness (QED) is 0.752. The topological polar surface area (TPSA) is 58.7 Å². The maximum Gasteiger partial charge on any atom is 0.0674 e. The molecule has 0 aromatic rings. The Morgan fingerprint density at radius 3 is 2.59 bits per heavy atom. The summed E-state index contributed by atoms with van der Waals surface area (Å²) in [4.78, 5) is 2.35. The molecule has 1 aliphatic rings. The van der Waals surface area contributed by atoms with Crippen molar-refractivity contribution < 1.29 is 9.84 Å². The molecule has 1 fully saturated rings. The van der Waals surface area contributed by atoms with E-state index in [2.05, 4.69) is 32.6 Å². The van der Waals surface area contributed by atoms with Crippen molar-refractivity contribution in [1.29, 1.82) is 0 Å². The van der Waals surface area contributed by atoms with Gasteiger partial charge in [-0.25, -0.2) is 0 Å². The van der Waals surface area contributed by atoms with Crippen molar-refractivity contribution in [3.05, 3.63) is 0 Å². The van der Waals surface area contributed by atoms with Crippen LogP contribution in [0.1, 0.15) is 34.1 Å². The van der Waals surface area contributed by atoms with E-state index in [-0.39, 0.29) is 24.8 Å². The monoisotopic (exact) mass is 244 g/mol. The third-order valence-electron chi connectivity index (χ3n) is 3.81. The summed E-state index contributed by atoms with van der Waals surface area (Å²) >= 11 is 0. The lowest BCUT2D eigenvalue weighted by Gasteiger charge is -2.45.